The number of nitrogen functional groups attached to an aromatic ring is 2. The first-order valence-electron chi connectivity index (χ1n) is 8.99. The standard InChI is InChI=1S/C6H5ClN4.C5H5Cl2N3.C5H3Cl2N.C2H6O.H4N2.H2O/c7-4-2-1-3-5-9-10-6(8)11(4)5;6-3-1-2-4(7)9-5(3)10-8;6-4-2-1-3-5(7)8-4;1-2-3;1-2;/h1-3H,(H2,8,10);1-2H,8H2,(H,9,10);1-3H;3H,2H2,1H3;1-2H2;1H2. The molecule has 0 bridgehead atoms. The van der Waals surface area contributed by atoms with Gasteiger partial charge in [-0.05, 0) is 43.3 Å². The average Bonchev–Trinajstić information content (AvgIpc) is 3.20. The fraction of sp³-hybridized carbons (Fsp3) is 0.111. The fourth-order valence-corrected chi connectivity index (χ4v) is 2.75. The van der Waals surface area contributed by atoms with Gasteiger partial charge in [-0.25, -0.2) is 15.8 Å². The summed E-state index contributed by atoms with van der Waals surface area (Å²) >= 11 is 27.9. The molecule has 12 N–H and O–H groups in total. The zero-order valence-corrected chi connectivity index (χ0v) is 22.0. The van der Waals surface area contributed by atoms with E-state index in [0.29, 0.717) is 43.0 Å². The third-order valence-corrected chi connectivity index (χ3v) is 4.27. The van der Waals surface area contributed by atoms with Crippen molar-refractivity contribution in [3.63, 3.8) is 0 Å². The van der Waals surface area contributed by atoms with Gasteiger partial charge in [0.05, 0.1) is 5.02 Å². The third kappa shape index (κ3) is 13.4. The van der Waals surface area contributed by atoms with Gasteiger partial charge in [0.25, 0.3) is 0 Å². The highest BCUT2D eigenvalue weighted by Crippen LogP contribution is 2.19. The Hall–Kier alpha value is -2.23. The highest BCUT2D eigenvalue weighted by molar-refractivity contribution is 6.34. The van der Waals surface area contributed by atoms with Crippen LogP contribution >= 0.6 is 58.0 Å². The number of aliphatic hydroxyl groups excluding tert-OH is 1. The van der Waals surface area contributed by atoms with Crippen molar-refractivity contribution in [2.24, 2.45) is 17.5 Å². The van der Waals surface area contributed by atoms with Gasteiger partial charge in [0.2, 0.25) is 5.95 Å². The second-order valence-electron chi connectivity index (χ2n) is 5.31. The molecule has 0 unspecified atom stereocenters. The molecule has 4 aromatic heterocycles. The van der Waals surface area contributed by atoms with Gasteiger partial charge in [0.1, 0.15) is 20.6 Å². The van der Waals surface area contributed by atoms with Crippen molar-refractivity contribution in [3.8, 4) is 0 Å². The molecule has 0 aliphatic heterocycles. The second-order valence-corrected chi connectivity index (χ2v) is 7.26. The van der Waals surface area contributed by atoms with E-state index in [4.69, 9.17) is 74.7 Å². The van der Waals surface area contributed by atoms with Crippen LogP contribution in [0.4, 0.5) is 11.8 Å². The maximum absolute atomic E-state index is 7.57. The number of anilines is 2. The Labute approximate surface area is 226 Å². The van der Waals surface area contributed by atoms with Crippen LogP contribution in [0.2, 0.25) is 25.6 Å². The Morgan fingerprint density at radius 1 is 0.857 bits per heavy atom. The number of hydrazine groups is 2. The molecule has 4 heterocycles. The molecular formula is C18H25Cl5N10O2. The topological polar surface area (TPSA) is 224 Å². The van der Waals surface area contributed by atoms with E-state index >= 15 is 0 Å². The summed E-state index contributed by atoms with van der Waals surface area (Å²) in [6.07, 6.45) is 0. The van der Waals surface area contributed by atoms with Crippen molar-refractivity contribution < 1.29 is 10.6 Å². The molecule has 0 aliphatic rings. The predicted molar refractivity (Wildman–Crippen MR) is 143 cm³/mol. The lowest BCUT2D eigenvalue weighted by Gasteiger charge is -2.00. The van der Waals surface area contributed by atoms with Crippen molar-refractivity contribution in [1.29, 1.82) is 0 Å². The molecule has 4 aromatic rings. The molecule has 0 saturated carbocycles. The van der Waals surface area contributed by atoms with Crippen LogP contribution in [-0.2, 0) is 0 Å². The van der Waals surface area contributed by atoms with Crippen molar-refractivity contribution >= 4 is 75.4 Å². The van der Waals surface area contributed by atoms with Gasteiger partial charge in [0.15, 0.2) is 11.5 Å². The summed E-state index contributed by atoms with van der Waals surface area (Å²) in [5.41, 5.74) is 8.45. The summed E-state index contributed by atoms with van der Waals surface area (Å²) in [6, 6.07) is 13.6. The fourth-order valence-electron chi connectivity index (χ4n) is 1.83. The second kappa shape index (κ2) is 20.0. The maximum atomic E-state index is 7.57. The Kier molecular flexibility index (Phi) is 20.0. The summed E-state index contributed by atoms with van der Waals surface area (Å²) in [4.78, 5) is 7.49. The molecule has 194 valence electrons. The Bertz CT molecular complexity index is 1100. The molecular weight excluding hydrogens is 566 g/mol. The predicted octanol–water partition coefficient (Wildman–Crippen LogP) is 3.02. The third-order valence-electron chi connectivity index (χ3n) is 3.04. The van der Waals surface area contributed by atoms with Crippen LogP contribution in [0.1, 0.15) is 6.92 Å². The minimum Gasteiger partial charge on any atom is -0.412 e. The zero-order chi connectivity index (χ0) is 26.1. The van der Waals surface area contributed by atoms with E-state index in [1.54, 1.807) is 59.9 Å². The van der Waals surface area contributed by atoms with Gasteiger partial charge in [-0.2, -0.15) is 0 Å². The van der Waals surface area contributed by atoms with E-state index in [1.165, 1.54) is 0 Å². The summed E-state index contributed by atoms with van der Waals surface area (Å²) in [6.45, 7) is 1.93. The van der Waals surface area contributed by atoms with Gasteiger partial charge in [-0.1, -0.05) is 70.1 Å². The average molecular weight is 591 g/mol. The number of aliphatic hydroxyl groups is 1. The van der Waals surface area contributed by atoms with E-state index in [1.807, 2.05) is 0 Å². The van der Waals surface area contributed by atoms with Crippen molar-refractivity contribution in [2.75, 3.05) is 17.8 Å². The lowest BCUT2D eigenvalue weighted by atomic mass is 10.5. The van der Waals surface area contributed by atoms with Crippen LogP contribution in [0.25, 0.3) is 5.65 Å². The van der Waals surface area contributed by atoms with Crippen LogP contribution in [0.5, 0.6) is 0 Å². The number of fused-ring (bicyclic) bond motifs is 1. The summed E-state index contributed by atoms with van der Waals surface area (Å²) in [7, 11) is 0. The first kappa shape index (κ1) is 34.9. The maximum Gasteiger partial charge on any atom is 0.227 e. The zero-order valence-electron chi connectivity index (χ0n) is 18.2. The van der Waals surface area contributed by atoms with Gasteiger partial charge in [-0.15, -0.1) is 10.2 Å². The van der Waals surface area contributed by atoms with E-state index in [0.717, 1.165) is 0 Å². The van der Waals surface area contributed by atoms with Crippen LogP contribution in [0.15, 0.2) is 48.5 Å². The number of hydrogen-bond donors (Lipinski definition) is 6. The minimum absolute atomic E-state index is 0. The normalized spacial score (nSPS) is 8.86. The van der Waals surface area contributed by atoms with Crippen molar-refractivity contribution in [2.45, 2.75) is 6.92 Å². The summed E-state index contributed by atoms with van der Waals surface area (Å²) in [5, 5.41) is 17.2. The van der Waals surface area contributed by atoms with E-state index in [2.05, 4.69) is 37.3 Å². The van der Waals surface area contributed by atoms with Crippen LogP contribution in [-0.4, -0.2) is 41.8 Å². The molecule has 0 aliphatic carbocycles. The quantitative estimate of drug-likeness (QED) is 0.108. The molecule has 12 nitrogen and oxygen atoms in total. The summed E-state index contributed by atoms with van der Waals surface area (Å²) in [5.74, 6) is 13.8. The first-order valence-corrected chi connectivity index (χ1v) is 10.9. The number of nitrogens with two attached hydrogens (primary N) is 4. The molecule has 0 radical (unpaired) electrons. The first-order chi connectivity index (χ1) is 16.2. The Balaban J connectivity index is 0. The lowest BCUT2D eigenvalue weighted by Crippen LogP contribution is -2.08. The molecule has 4 rings (SSSR count). The highest BCUT2D eigenvalue weighted by Gasteiger charge is 2.02. The van der Waals surface area contributed by atoms with Crippen molar-refractivity contribution in [3.05, 3.63) is 74.2 Å². The largest absolute Gasteiger partial charge is 0.412 e. The number of aromatic nitrogens is 5. The van der Waals surface area contributed by atoms with E-state index in [9.17, 15) is 0 Å². The molecule has 0 amide bonds. The molecule has 35 heavy (non-hydrogen) atoms. The number of hydrogen-bond acceptors (Lipinski definition) is 10. The number of pyridine rings is 3. The van der Waals surface area contributed by atoms with Crippen LogP contribution in [0, 0.1) is 0 Å². The molecule has 17 heteroatoms. The Morgan fingerprint density at radius 3 is 1.80 bits per heavy atom. The smallest absolute Gasteiger partial charge is 0.227 e. The minimum atomic E-state index is 0. The molecule has 0 aromatic carbocycles. The van der Waals surface area contributed by atoms with Crippen LogP contribution < -0.4 is 28.7 Å². The van der Waals surface area contributed by atoms with Gasteiger partial charge in [0, 0.05) is 6.61 Å². The molecule has 0 atom stereocenters. The molecule has 0 saturated heterocycles. The monoisotopic (exact) mass is 588 g/mol. The van der Waals surface area contributed by atoms with Gasteiger partial charge < -0.3 is 21.7 Å². The van der Waals surface area contributed by atoms with Crippen molar-refractivity contribution in [1.82, 2.24) is 24.6 Å². The highest BCUT2D eigenvalue weighted by atomic mass is 35.5. The van der Waals surface area contributed by atoms with Crippen LogP contribution in [0.3, 0.4) is 0 Å². The number of rotatable bonds is 1. The van der Waals surface area contributed by atoms with E-state index < -0.39 is 0 Å². The van der Waals surface area contributed by atoms with Gasteiger partial charge >= 0.3 is 0 Å². The molecule has 0 spiro atoms. The number of nitrogens with zero attached hydrogens (tertiary/aromatic N) is 5. The molecule has 0 fully saturated rings. The number of nitrogens with one attached hydrogen (secondary N) is 1. The Morgan fingerprint density at radius 2 is 1.37 bits per heavy atom. The van der Waals surface area contributed by atoms with Gasteiger partial charge in [-0.3, -0.25) is 16.1 Å². The van der Waals surface area contributed by atoms with E-state index in [-0.39, 0.29) is 12.1 Å². The SMILES string of the molecule is CCO.Clc1cccc(Cl)n1.NN.NNc1nc(Cl)ccc1Cl.Nc1nnc2cccc(Cl)n12.O. The summed E-state index contributed by atoms with van der Waals surface area (Å²) < 4.78 is 1.57. The lowest BCUT2D eigenvalue weighted by molar-refractivity contribution is 0.318. The number of halogens is 5.